The first-order chi connectivity index (χ1) is 17.1. The Balaban J connectivity index is 1.20. The van der Waals surface area contributed by atoms with Crippen LogP contribution < -0.4 is 19.5 Å². The molecule has 2 aliphatic rings. The van der Waals surface area contributed by atoms with E-state index >= 15 is 0 Å². The fourth-order valence-corrected chi connectivity index (χ4v) is 5.22. The second-order valence-electron chi connectivity index (χ2n) is 9.28. The van der Waals surface area contributed by atoms with E-state index in [4.69, 9.17) is 25.8 Å². The molecule has 0 radical (unpaired) electrons. The third kappa shape index (κ3) is 5.57. The van der Waals surface area contributed by atoms with Crippen LogP contribution in [0.1, 0.15) is 59.5 Å². The van der Waals surface area contributed by atoms with Crippen molar-refractivity contribution in [2.75, 3.05) is 13.7 Å². The number of halogens is 1. The molecule has 1 amide bonds. The van der Waals surface area contributed by atoms with Gasteiger partial charge in [0.15, 0.2) is 0 Å². The maximum absolute atomic E-state index is 12.9. The Hall–Kier alpha value is -3.18. The topological polar surface area (TPSA) is 56.8 Å². The molecule has 2 unspecified atom stereocenters. The summed E-state index contributed by atoms with van der Waals surface area (Å²) in [6.07, 6.45) is 6.13. The molecular formula is C29H30ClNO4. The predicted octanol–water partition coefficient (Wildman–Crippen LogP) is 6.92. The zero-order valence-corrected chi connectivity index (χ0v) is 20.6. The molecule has 0 aromatic heterocycles. The van der Waals surface area contributed by atoms with Crippen LogP contribution in [0.25, 0.3) is 0 Å². The summed E-state index contributed by atoms with van der Waals surface area (Å²) in [5.41, 5.74) is 3.03. The third-order valence-corrected chi connectivity index (χ3v) is 7.20. The summed E-state index contributed by atoms with van der Waals surface area (Å²) in [7, 11) is 1.68. The second-order valence-corrected chi connectivity index (χ2v) is 9.68. The van der Waals surface area contributed by atoms with Crippen molar-refractivity contribution in [1.82, 2.24) is 5.32 Å². The lowest BCUT2D eigenvalue weighted by Crippen LogP contribution is -2.37. The number of ether oxygens (including phenoxy) is 3. The van der Waals surface area contributed by atoms with Crippen LogP contribution in [0.3, 0.4) is 0 Å². The summed E-state index contributed by atoms with van der Waals surface area (Å²) in [5, 5.41) is 3.78. The zero-order valence-electron chi connectivity index (χ0n) is 19.9. The highest BCUT2D eigenvalue weighted by atomic mass is 35.5. The summed E-state index contributed by atoms with van der Waals surface area (Å²) < 4.78 is 17.0. The van der Waals surface area contributed by atoms with E-state index < -0.39 is 0 Å². The van der Waals surface area contributed by atoms with Crippen LogP contribution in [-0.4, -0.2) is 25.7 Å². The molecule has 2 atom stereocenters. The summed E-state index contributed by atoms with van der Waals surface area (Å²) in [6.45, 7) is 0.708. The van der Waals surface area contributed by atoms with E-state index in [0.717, 1.165) is 55.6 Å². The van der Waals surface area contributed by atoms with Gasteiger partial charge in [0.05, 0.1) is 18.7 Å². The quantitative estimate of drug-likeness (QED) is 0.406. The molecule has 5 nitrogen and oxygen atoms in total. The first kappa shape index (κ1) is 23.6. The Kier molecular flexibility index (Phi) is 7.14. The molecule has 1 aliphatic carbocycles. The van der Waals surface area contributed by atoms with Crippen molar-refractivity contribution in [2.45, 2.75) is 50.5 Å². The van der Waals surface area contributed by atoms with Crippen LogP contribution in [-0.2, 0) is 6.42 Å². The van der Waals surface area contributed by atoms with Gasteiger partial charge in [-0.05, 0) is 91.6 Å². The molecule has 0 bridgehead atoms. The molecule has 35 heavy (non-hydrogen) atoms. The number of fused-ring (bicyclic) bond motifs is 1. The largest absolute Gasteiger partial charge is 0.497 e. The Morgan fingerprint density at radius 3 is 2.54 bits per heavy atom. The van der Waals surface area contributed by atoms with Gasteiger partial charge in [0.25, 0.3) is 5.91 Å². The van der Waals surface area contributed by atoms with Crippen LogP contribution in [0.5, 0.6) is 23.0 Å². The fourth-order valence-electron chi connectivity index (χ4n) is 5.00. The SMILES string of the molecule is COc1ccc(C2CCCC(NC(=O)c3ccc(Oc4cc5c(cc4Cl)CCCO5)cc3)C2)cc1. The molecule has 1 N–H and O–H groups in total. The van der Waals surface area contributed by atoms with E-state index in [-0.39, 0.29) is 11.9 Å². The molecule has 3 aromatic rings. The first-order valence-corrected chi connectivity index (χ1v) is 12.6. The van der Waals surface area contributed by atoms with E-state index in [1.807, 2.05) is 24.3 Å². The minimum atomic E-state index is -0.0582. The van der Waals surface area contributed by atoms with Gasteiger partial charge in [0.1, 0.15) is 23.0 Å². The lowest BCUT2D eigenvalue weighted by molar-refractivity contribution is 0.0925. The highest BCUT2D eigenvalue weighted by molar-refractivity contribution is 6.32. The average Bonchev–Trinajstić information content (AvgIpc) is 2.90. The molecule has 5 rings (SSSR count). The molecule has 182 valence electrons. The monoisotopic (exact) mass is 491 g/mol. The van der Waals surface area contributed by atoms with Crippen LogP contribution in [0.4, 0.5) is 0 Å². The van der Waals surface area contributed by atoms with Crippen LogP contribution in [0, 0.1) is 0 Å². The number of hydrogen-bond acceptors (Lipinski definition) is 4. The van der Waals surface area contributed by atoms with Gasteiger partial charge in [0, 0.05) is 17.7 Å². The molecule has 1 fully saturated rings. The van der Waals surface area contributed by atoms with Gasteiger partial charge in [-0.3, -0.25) is 4.79 Å². The number of hydrogen-bond donors (Lipinski definition) is 1. The second kappa shape index (κ2) is 10.6. The van der Waals surface area contributed by atoms with Crippen molar-refractivity contribution in [3.05, 3.63) is 82.4 Å². The number of nitrogens with one attached hydrogen (secondary N) is 1. The Labute approximate surface area is 211 Å². The maximum Gasteiger partial charge on any atom is 0.251 e. The van der Waals surface area contributed by atoms with Crippen molar-refractivity contribution in [3.63, 3.8) is 0 Å². The summed E-state index contributed by atoms with van der Waals surface area (Å²) in [5.74, 6) is 3.25. The van der Waals surface area contributed by atoms with Crippen LogP contribution >= 0.6 is 11.6 Å². The normalized spacial score (nSPS) is 19.3. The van der Waals surface area contributed by atoms with Crippen LogP contribution in [0.2, 0.25) is 5.02 Å². The fraction of sp³-hybridized carbons (Fsp3) is 0.345. The first-order valence-electron chi connectivity index (χ1n) is 12.3. The highest BCUT2D eigenvalue weighted by Gasteiger charge is 2.25. The molecule has 6 heteroatoms. The highest BCUT2D eigenvalue weighted by Crippen LogP contribution is 2.38. The number of benzene rings is 3. The minimum Gasteiger partial charge on any atom is -0.497 e. The predicted molar refractivity (Wildman–Crippen MR) is 137 cm³/mol. The van der Waals surface area contributed by atoms with E-state index in [2.05, 4.69) is 17.4 Å². The number of rotatable bonds is 6. The van der Waals surface area contributed by atoms with Crippen molar-refractivity contribution in [2.24, 2.45) is 0 Å². The van der Waals surface area contributed by atoms with Crippen molar-refractivity contribution in [1.29, 1.82) is 0 Å². The summed E-state index contributed by atoms with van der Waals surface area (Å²) in [4.78, 5) is 12.9. The maximum atomic E-state index is 12.9. The number of aryl methyl sites for hydroxylation is 1. The molecule has 1 saturated carbocycles. The number of carbonyl (C=O) groups is 1. The standard InChI is InChI=1S/C29H30ClNO4/c1-33-24-11-7-19(8-12-24)21-4-2-6-23(16-21)31-29(32)20-9-13-25(14-10-20)35-28-18-27-22(17-26(28)30)5-3-15-34-27/h7-14,17-18,21,23H,2-6,15-16H2,1H3,(H,31,32). The van der Waals surface area contributed by atoms with Gasteiger partial charge < -0.3 is 19.5 Å². The zero-order chi connectivity index (χ0) is 24.2. The lowest BCUT2D eigenvalue weighted by Gasteiger charge is -2.30. The molecule has 0 saturated heterocycles. The van der Waals surface area contributed by atoms with E-state index in [9.17, 15) is 4.79 Å². The molecule has 0 spiro atoms. The Bertz CT molecular complexity index is 1180. The van der Waals surface area contributed by atoms with Gasteiger partial charge in [-0.1, -0.05) is 30.2 Å². The summed E-state index contributed by atoms with van der Waals surface area (Å²) >= 11 is 6.42. The van der Waals surface area contributed by atoms with E-state index in [1.165, 1.54) is 5.56 Å². The molecule has 1 heterocycles. The number of methoxy groups -OCH3 is 1. The lowest BCUT2D eigenvalue weighted by atomic mass is 9.81. The van der Waals surface area contributed by atoms with Gasteiger partial charge in [-0.2, -0.15) is 0 Å². The smallest absolute Gasteiger partial charge is 0.251 e. The molecule has 1 aliphatic heterocycles. The van der Waals surface area contributed by atoms with E-state index in [1.54, 1.807) is 31.4 Å². The number of amides is 1. The Morgan fingerprint density at radius 1 is 1.00 bits per heavy atom. The van der Waals surface area contributed by atoms with Gasteiger partial charge >= 0.3 is 0 Å². The Morgan fingerprint density at radius 2 is 1.77 bits per heavy atom. The van der Waals surface area contributed by atoms with E-state index in [0.29, 0.717) is 34.6 Å². The molecule has 3 aromatic carbocycles. The minimum absolute atomic E-state index is 0.0582. The average molecular weight is 492 g/mol. The summed E-state index contributed by atoms with van der Waals surface area (Å²) in [6, 6.07) is 19.4. The van der Waals surface area contributed by atoms with Gasteiger partial charge in [-0.25, -0.2) is 0 Å². The molecular weight excluding hydrogens is 462 g/mol. The van der Waals surface area contributed by atoms with Gasteiger partial charge in [-0.15, -0.1) is 0 Å². The van der Waals surface area contributed by atoms with Crippen molar-refractivity contribution in [3.8, 4) is 23.0 Å². The van der Waals surface area contributed by atoms with Crippen molar-refractivity contribution >= 4 is 17.5 Å². The van der Waals surface area contributed by atoms with Crippen molar-refractivity contribution < 1.29 is 19.0 Å². The number of carbonyl (C=O) groups excluding carboxylic acids is 1. The van der Waals surface area contributed by atoms with Crippen LogP contribution in [0.15, 0.2) is 60.7 Å². The third-order valence-electron chi connectivity index (χ3n) is 6.90. The van der Waals surface area contributed by atoms with Gasteiger partial charge in [0.2, 0.25) is 0 Å².